The van der Waals surface area contributed by atoms with Crippen LogP contribution in [0.2, 0.25) is 0 Å². The first kappa shape index (κ1) is 17.7. The van der Waals surface area contributed by atoms with E-state index >= 15 is 0 Å². The monoisotopic (exact) mass is 350 g/mol. The number of aromatic nitrogens is 3. The van der Waals surface area contributed by atoms with Crippen molar-refractivity contribution in [3.8, 4) is 11.4 Å². The van der Waals surface area contributed by atoms with Gasteiger partial charge in [0.1, 0.15) is 5.82 Å². The zero-order valence-electron chi connectivity index (χ0n) is 14.9. The fraction of sp³-hybridized carbons (Fsp3) is 0.250. The fourth-order valence-corrected chi connectivity index (χ4v) is 2.91. The number of carbonyl (C=O) groups is 1. The number of pyridine rings is 1. The van der Waals surface area contributed by atoms with Crippen molar-refractivity contribution in [1.29, 1.82) is 0 Å². The molecular formula is C20H22N4O2. The lowest BCUT2D eigenvalue weighted by Crippen LogP contribution is -2.21. The summed E-state index contributed by atoms with van der Waals surface area (Å²) in [6, 6.07) is 11.4. The average molecular weight is 350 g/mol. The summed E-state index contributed by atoms with van der Waals surface area (Å²) in [5.41, 5.74) is 4.07. The van der Waals surface area contributed by atoms with Crippen molar-refractivity contribution in [3.05, 3.63) is 65.7 Å². The maximum Gasteiger partial charge on any atom is 0.335 e. The lowest BCUT2D eigenvalue weighted by Gasteiger charge is -2.21. The number of hydrogen-bond donors (Lipinski definition) is 2. The van der Waals surface area contributed by atoms with Gasteiger partial charge in [0, 0.05) is 31.9 Å². The van der Waals surface area contributed by atoms with Crippen LogP contribution in [0.5, 0.6) is 0 Å². The number of likely N-dealkylation sites (N-methyl/N-ethyl adjacent to an activating group) is 1. The lowest BCUT2D eigenvalue weighted by atomic mass is 10.1. The Balaban J connectivity index is 1.69. The molecule has 0 amide bonds. The van der Waals surface area contributed by atoms with Crippen LogP contribution in [-0.2, 0) is 12.8 Å². The lowest BCUT2D eigenvalue weighted by molar-refractivity contribution is 0.0697. The third kappa shape index (κ3) is 3.91. The highest BCUT2D eigenvalue weighted by Gasteiger charge is 2.10. The zero-order chi connectivity index (χ0) is 18.5. The molecule has 0 unspecified atom stereocenters. The van der Waals surface area contributed by atoms with E-state index in [-0.39, 0.29) is 5.56 Å². The summed E-state index contributed by atoms with van der Waals surface area (Å²) < 4.78 is 0. The maximum absolute atomic E-state index is 11.1. The van der Waals surface area contributed by atoms with Gasteiger partial charge in [-0.15, -0.1) is 0 Å². The van der Waals surface area contributed by atoms with Gasteiger partial charge < -0.3 is 15.0 Å². The van der Waals surface area contributed by atoms with Gasteiger partial charge in [-0.2, -0.15) is 0 Å². The smallest absolute Gasteiger partial charge is 0.335 e. The van der Waals surface area contributed by atoms with Crippen LogP contribution in [-0.4, -0.2) is 39.6 Å². The summed E-state index contributed by atoms with van der Waals surface area (Å²) in [5, 5.41) is 9.10. The summed E-state index contributed by atoms with van der Waals surface area (Å²) in [6.45, 7) is 2.98. The number of hydrogen-bond acceptors (Lipinski definition) is 4. The molecule has 6 nitrogen and oxygen atoms in total. The molecule has 0 saturated carbocycles. The Labute approximate surface area is 152 Å². The number of nitrogens with one attached hydrogen (secondary N) is 1. The van der Waals surface area contributed by atoms with Crippen LogP contribution >= 0.6 is 0 Å². The molecule has 0 aliphatic carbocycles. The predicted molar refractivity (Wildman–Crippen MR) is 102 cm³/mol. The van der Waals surface area contributed by atoms with Gasteiger partial charge in [0.25, 0.3) is 0 Å². The molecule has 0 bridgehead atoms. The first-order valence-electron chi connectivity index (χ1n) is 8.61. The van der Waals surface area contributed by atoms with Crippen LogP contribution in [0.1, 0.15) is 28.7 Å². The molecule has 2 aromatic heterocycles. The average Bonchev–Trinajstić information content (AvgIpc) is 3.15. The maximum atomic E-state index is 11.1. The Morgan fingerprint density at radius 2 is 2.04 bits per heavy atom. The minimum Gasteiger partial charge on any atom is -0.478 e. The molecule has 1 aromatic carbocycles. The normalized spacial score (nSPS) is 10.7. The van der Waals surface area contributed by atoms with Crippen LogP contribution in [0.3, 0.4) is 0 Å². The summed E-state index contributed by atoms with van der Waals surface area (Å²) in [4.78, 5) is 25.2. The molecule has 0 radical (unpaired) electrons. The number of benzene rings is 1. The molecule has 0 aliphatic rings. The van der Waals surface area contributed by atoms with Gasteiger partial charge in [-0.25, -0.2) is 9.78 Å². The Hall–Kier alpha value is -3.15. The summed E-state index contributed by atoms with van der Waals surface area (Å²) in [5.74, 6) is -0.118. The van der Waals surface area contributed by atoms with Crippen LogP contribution in [0.4, 0.5) is 5.69 Å². The quantitative estimate of drug-likeness (QED) is 0.682. The number of nitrogens with zero attached hydrogens (tertiary/aromatic N) is 3. The van der Waals surface area contributed by atoms with E-state index in [2.05, 4.69) is 58.1 Å². The summed E-state index contributed by atoms with van der Waals surface area (Å²) >= 11 is 0. The van der Waals surface area contributed by atoms with E-state index in [9.17, 15) is 4.79 Å². The topological polar surface area (TPSA) is 82.1 Å². The fourth-order valence-electron chi connectivity index (χ4n) is 2.91. The van der Waals surface area contributed by atoms with E-state index in [1.807, 2.05) is 0 Å². The summed E-state index contributed by atoms with van der Waals surface area (Å²) in [7, 11) is 2.08. The first-order chi connectivity index (χ1) is 12.6. The molecule has 2 heterocycles. The second-order valence-corrected chi connectivity index (χ2v) is 6.13. The molecule has 0 spiro atoms. The zero-order valence-corrected chi connectivity index (χ0v) is 14.9. The highest BCUT2D eigenvalue weighted by atomic mass is 16.4. The number of para-hydroxylation sites is 1. The molecular weight excluding hydrogens is 328 g/mol. The standard InChI is InChI=1S/C20H22N4O2/c1-3-14-6-4-5-7-18(14)24(2)11-9-19-22-13-17(23-19)16-12-15(20(25)26)8-10-21-16/h4-8,10,12-13H,3,9,11H2,1-2H3,(H,22,23)(H,25,26). The molecule has 26 heavy (non-hydrogen) atoms. The predicted octanol–water partition coefficient (Wildman–Crippen LogP) is 3.41. The van der Waals surface area contributed by atoms with Gasteiger partial charge in [0.05, 0.1) is 23.1 Å². The molecule has 2 N–H and O–H groups in total. The molecule has 0 saturated heterocycles. The SMILES string of the molecule is CCc1ccccc1N(C)CCc1ncc(-c2cc(C(=O)O)ccn2)[nH]1. The Morgan fingerprint density at radius 1 is 1.23 bits per heavy atom. The van der Waals surface area contributed by atoms with E-state index in [1.165, 1.54) is 23.5 Å². The van der Waals surface area contributed by atoms with E-state index in [1.54, 1.807) is 12.3 Å². The number of anilines is 1. The Morgan fingerprint density at radius 3 is 2.81 bits per heavy atom. The van der Waals surface area contributed by atoms with Crippen molar-refractivity contribution in [1.82, 2.24) is 15.0 Å². The van der Waals surface area contributed by atoms with Crippen molar-refractivity contribution in [2.24, 2.45) is 0 Å². The molecule has 0 atom stereocenters. The van der Waals surface area contributed by atoms with Crippen molar-refractivity contribution < 1.29 is 9.90 Å². The number of rotatable bonds is 7. The minimum absolute atomic E-state index is 0.210. The number of aryl methyl sites for hydroxylation is 1. The largest absolute Gasteiger partial charge is 0.478 e. The molecule has 6 heteroatoms. The molecule has 3 rings (SSSR count). The second kappa shape index (κ2) is 7.82. The Kier molecular flexibility index (Phi) is 5.31. The van der Waals surface area contributed by atoms with Crippen LogP contribution in [0.25, 0.3) is 11.4 Å². The molecule has 134 valence electrons. The van der Waals surface area contributed by atoms with Crippen LogP contribution in [0.15, 0.2) is 48.8 Å². The van der Waals surface area contributed by atoms with E-state index in [0.717, 1.165) is 30.9 Å². The van der Waals surface area contributed by atoms with Crippen molar-refractivity contribution in [3.63, 3.8) is 0 Å². The van der Waals surface area contributed by atoms with E-state index < -0.39 is 5.97 Å². The van der Waals surface area contributed by atoms with Crippen molar-refractivity contribution in [2.45, 2.75) is 19.8 Å². The number of H-pyrrole nitrogens is 1. The van der Waals surface area contributed by atoms with Crippen LogP contribution < -0.4 is 4.90 Å². The third-order valence-electron chi connectivity index (χ3n) is 4.38. The number of imidazole rings is 1. The van der Waals surface area contributed by atoms with Gasteiger partial charge in [0.15, 0.2) is 0 Å². The number of carboxylic acids is 1. The first-order valence-corrected chi connectivity index (χ1v) is 8.61. The number of carboxylic acid groups (broad SMARTS) is 1. The van der Waals surface area contributed by atoms with Gasteiger partial charge in [-0.1, -0.05) is 25.1 Å². The molecule has 3 aromatic rings. The van der Waals surface area contributed by atoms with Gasteiger partial charge in [0.2, 0.25) is 0 Å². The highest BCUT2D eigenvalue weighted by Crippen LogP contribution is 2.20. The third-order valence-corrected chi connectivity index (χ3v) is 4.38. The molecule has 0 aliphatic heterocycles. The van der Waals surface area contributed by atoms with Gasteiger partial charge in [-0.05, 0) is 30.2 Å². The highest BCUT2D eigenvalue weighted by molar-refractivity contribution is 5.88. The summed E-state index contributed by atoms with van der Waals surface area (Å²) in [6.07, 6.45) is 4.95. The van der Waals surface area contributed by atoms with Crippen molar-refractivity contribution >= 4 is 11.7 Å². The number of aromatic amines is 1. The second-order valence-electron chi connectivity index (χ2n) is 6.13. The molecule has 0 fully saturated rings. The van der Waals surface area contributed by atoms with Crippen LogP contribution in [0, 0.1) is 0 Å². The number of aromatic carboxylic acids is 1. The van der Waals surface area contributed by atoms with Crippen molar-refractivity contribution in [2.75, 3.05) is 18.5 Å². The Bertz CT molecular complexity index is 904. The van der Waals surface area contributed by atoms with Gasteiger partial charge in [-0.3, -0.25) is 4.98 Å². The van der Waals surface area contributed by atoms with E-state index in [4.69, 9.17) is 5.11 Å². The minimum atomic E-state index is -0.968. The van der Waals surface area contributed by atoms with E-state index in [0.29, 0.717) is 5.69 Å². The van der Waals surface area contributed by atoms with Gasteiger partial charge >= 0.3 is 5.97 Å².